The second-order valence-corrected chi connectivity index (χ2v) is 7.02. The van der Waals surface area contributed by atoms with Crippen molar-refractivity contribution < 1.29 is 0 Å². The van der Waals surface area contributed by atoms with Crippen LogP contribution in [0.1, 0.15) is 51.2 Å². The van der Waals surface area contributed by atoms with Crippen molar-refractivity contribution in [2.24, 2.45) is 5.92 Å². The van der Waals surface area contributed by atoms with Gasteiger partial charge in [0.05, 0.1) is 0 Å². The van der Waals surface area contributed by atoms with Crippen LogP contribution in [0.2, 0.25) is 0 Å². The molecule has 0 spiro atoms. The number of fused-ring (bicyclic) bond motifs is 1. The highest BCUT2D eigenvalue weighted by atomic mass is 15.2. The van der Waals surface area contributed by atoms with Crippen LogP contribution in [0, 0.1) is 12.8 Å². The third kappa shape index (κ3) is 4.74. The zero-order valence-electron chi connectivity index (χ0n) is 14.3. The van der Waals surface area contributed by atoms with E-state index in [1.165, 1.54) is 43.5 Å². The summed E-state index contributed by atoms with van der Waals surface area (Å²) in [6, 6.07) is 7.61. The number of hydrogen-bond acceptors (Lipinski definition) is 2. The van der Waals surface area contributed by atoms with Crippen molar-refractivity contribution in [3.8, 4) is 0 Å². The fourth-order valence-electron chi connectivity index (χ4n) is 3.28. The Balaban J connectivity index is 1.85. The Bertz CT molecular complexity index is 439. The molecule has 1 N–H and O–H groups in total. The molecule has 0 fully saturated rings. The second kappa shape index (κ2) is 7.84. The van der Waals surface area contributed by atoms with E-state index in [4.69, 9.17) is 0 Å². The highest BCUT2D eigenvalue weighted by Crippen LogP contribution is 2.30. The van der Waals surface area contributed by atoms with Gasteiger partial charge in [0.15, 0.2) is 0 Å². The Morgan fingerprint density at radius 2 is 2.05 bits per heavy atom. The quantitative estimate of drug-likeness (QED) is 0.758. The van der Waals surface area contributed by atoms with Gasteiger partial charge >= 0.3 is 0 Å². The number of rotatable bonds is 7. The first-order valence-corrected chi connectivity index (χ1v) is 8.65. The Morgan fingerprint density at radius 1 is 1.24 bits per heavy atom. The van der Waals surface area contributed by atoms with Crippen LogP contribution in [-0.4, -0.2) is 25.7 Å². The first-order valence-electron chi connectivity index (χ1n) is 8.65. The Morgan fingerprint density at radius 3 is 2.81 bits per heavy atom. The largest absolute Gasteiger partial charge is 0.369 e. The molecule has 0 amide bonds. The van der Waals surface area contributed by atoms with Gasteiger partial charge in [0.2, 0.25) is 0 Å². The summed E-state index contributed by atoms with van der Waals surface area (Å²) in [5, 5.41) is 3.55. The second-order valence-electron chi connectivity index (χ2n) is 7.02. The van der Waals surface area contributed by atoms with Crippen LogP contribution in [0.5, 0.6) is 0 Å². The van der Waals surface area contributed by atoms with E-state index in [-0.39, 0.29) is 0 Å². The van der Waals surface area contributed by atoms with Crippen LogP contribution in [-0.2, 0) is 6.42 Å². The lowest BCUT2D eigenvalue weighted by Crippen LogP contribution is -2.37. The van der Waals surface area contributed by atoms with Gasteiger partial charge in [0.25, 0.3) is 0 Å². The maximum atomic E-state index is 3.55. The van der Waals surface area contributed by atoms with Crippen LogP contribution in [0.4, 0.5) is 5.69 Å². The van der Waals surface area contributed by atoms with Gasteiger partial charge in [-0.05, 0) is 70.2 Å². The SMILES string of the molecule is Cc1ccc2c(c1)CCCN2C(C)CCCNCC(C)C. The molecule has 1 aromatic carbocycles. The molecule has 0 radical (unpaired) electrons. The number of nitrogens with zero attached hydrogens (tertiary/aromatic N) is 1. The Kier molecular flexibility index (Phi) is 6.10. The molecule has 21 heavy (non-hydrogen) atoms. The summed E-state index contributed by atoms with van der Waals surface area (Å²) < 4.78 is 0. The van der Waals surface area contributed by atoms with E-state index in [1.54, 1.807) is 5.56 Å². The zero-order chi connectivity index (χ0) is 15.2. The average molecular weight is 288 g/mol. The van der Waals surface area contributed by atoms with E-state index in [9.17, 15) is 0 Å². The van der Waals surface area contributed by atoms with Crippen molar-refractivity contribution in [3.05, 3.63) is 29.3 Å². The van der Waals surface area contributed by atoms with Crippen molar-refractivity contribution >= 4 is 5.69 Å². The zero-order valence-corrected chi connectivity index (χ0v) is 14.3. The molecule has 0 bridgehead atoms. The van der Waals surface area contributed by atoms with E-state index in [0.717, 1.165) is 19.0 Å². The van der Waals surface area contributed by atoms with E-state index in [1.807, 2.05) is 0 Å². The summed E-state index contributed by atoms with van der Waals surface area (Å²) in [6.07, 6.45) is 5.09. The van der Waals surface area contributed by atoms with E-state index < -0.39 is 0 Å². The summed E-state index contributed by atoms with van der Waals surface area (Å²) in [7, 11) is 0. The minimum Gasteiger partial charge on any atom is -0.369 e. The molecule has 0 saturated heterocycles. The van der Waals surface area contributed by atoms with Crippen LogP contribution in [0.3, 0.4) is 0 Å². The molecule has 0 saturated carbocycles. The Labute approximate surface area is 130 Å². The molecule has 1 unspecified atom stereocenters. The van der Waals surface area contributed by atoms with Crippen molar-refractivity contribution in [2.75, 3.05) is 24.5 Å². The van der Waals surface area contributed by atoms with Gasteiger partial charge in [-0.1, -0.05) is 31.5 Å². The molecule has 2 nitrogen and oxygen atoms in total. The molecule has 0 aromatic heterocycles. The third-order valence-electron chi connectivity index (χ3n) is 4.45. The van der Waals surface area contributed by atoms with Crippen molar-refractivity contribution in [1.82, 2.24) is 5.32 Å². The molecule has 2 rings (SSSR count). The average Bonchev–Trinajstić information content (AvgIpc) is 2.45. The standard InChI is InChI=1S/C19H32N2/c1-15(2)14-20-11-5-7-17(4)21-12-6-8-18-13-16(3)9-10-19(18)21/h9-10,13,15,17,20H,5-8,11-12,14H2,1-4H3. The van der Waals surface area contributed by atoms with Gasteiger partial charge < -0.3 is 10.2 Å². The lowest BCUT2D eigenvalue weighted by Gasteiger charge is -2.36. The third-order valence-corrected chi connectivity index (χ3v) is 4.45. The van der Waals surface area contributed by atoms with Gasteiger partial charge in [0, 0.05) is 18.3 Å². The van der Waals surface area contributed by atoms with Crippen molar-refractivity contribution in [1.29, 1.82) is 0 Å². The van der Waals surface area contributed by atoms with Crippen LogP contribution < -0.4 is 10.2 Å². The van der Waals surface area contributed by atoms with Crippen LogP contribution in [0.25, 0.3) is 0 Å². The number of hydrogen-bond donors (Lipinski definition) is 1. The fraction of sp³-hybridized carbons (Fsp3) is 0.684. The molecule has 2 heteroatoms. The van der Waals surface area contributed by atoms with Crippen LogP contribution in [0.15, 0.2) is 18.2 Å². The normalized spacial score (nSPS) is 16.1. The number of anilines is 1. The summed E-state index contributed by atoms with van der Waals surface area (Å²) in [6.45, 7) is 12.6. The van der Waals surface area contributed by atoms with Gasteiger partial charge in [-0.3, -0.25) is 0 Å². The molecular weight excluding hydrogens is 256 g/mol. The first-order chi connectivity index (χ1) is 10.1. The van der Waals surface area contributed by atoms with E-state index in [0.29, 0.717) is 6.04 Å². The monoisotopic (exact) mass is 288 g/mol. The highest BCUT2D eigenvalue weighted by molar-refractivity contribution is 5.57. The molecule has 1 heterocycles. The van der Waals surface area contributed by atoms with Crippen molar-refractivity contribution in [3.63, 3.8) is 0 Å². The van der Waals surface area contributed by atoms with E-state index in [2.05, 4.69) is 56.1 Å². The van der Waals surface area contributed by atoms with Gasteiger partial charge in [-0.15, -0.1) is 0 Å². The summed E-state index contributed by atoms with van der Waals surface area (Å²) in [5.41, 5.74) is 4.42. The lowest BCUT2D eigenvalue weighted by molar-refractivity contribution is 0.500. The summed E-state index contributed by atoms with van der Waals surface area (Å²) in [4.78, 5) is 2.63. The summed E-state index contributed by atoms with van der Waals surface area (Å²) in [5.74, 6) is 0.750. The predicted octanol–water partition coefficient (Wildman–Crippen LogP) is 4.16. The first kappa shape index (κ1) is 16.4. The number of nitrogens with one attached hydrogen (secondary N) is 1. The summed E-state index contributed by atoms with van der Waals surface area (Å²) >= 11 is 0. The number of benzene rings is 1. The minimum absolute atomic E-state index is 0.646. The molecule has 1 atom stereocenters. The molecule has 1 aromatic rings. The van der Waals surface area contributed by atoms with Crippen LogP contribution >= 0.6 is 0 Å². The minimum atomic E-state index is 0.646. The van der Waals surface area contributed by atoms with Gasteiger partial charge in [0.1, 0.15) is 0 Å². The van der Waals surface area contributed by atoms with E-state index >= 15 is 0 Å². The highest BCUT2D eigenvalue weighted by Gasteiger charge is 2.20. The number of aryl methyl sites for hydroxylation is 2. The molecule has 1 aliphatic heterocycles. The predicted molar refractivity (Wildman–Crippen MR) is 93.2 cm³/mol. The fourth-order valence-corrected chi connectivity index (χ4v) is 3.28. The molecular formula is C19H32N2. The maximum absolute atomic E-state index is 3.55. The molecule has 0 aliphatic carbocycles. The molecule has 118 valence electrons. The smallest absolute Gasteiger partial charge is 0.0401 e. The maximum Gasteiger partial charge on any atom is 0.0401 e. The van der Waals surface area contributed by atoms with Gasteiger partial charge in [-0.2, -0.15) is 0 Å². The van der Waals surface area contributed by atoms with Crippen molar-refractivity contribution in [2.45, 2.75) is 59.4 Å². The lowest BCUT2D eigenvalue weighted by atomic mass is 9.97. The molecule has 1 aliphatic rings. The topological polar surface area (TPSA) is 15.3 Å². The Hall–Kier alpha value is -1.02. The van der Waals surface area contributed by atoms with Gasteiger partial charge in [-0.25, -0.2) is 0 Å².